The third-order valence-corrected chi connectivity index (χ3v) is 1.80. The highest BCUT2D eigenvalue weighted by Gasteiger charge is 2.24. The zero-order chi connectivity index (χ0) is 8.97. The van der Waals surface area contributed by atoms with Gasteiger partial charge in [-0.05, 0) is 0 Å². The van der Waals surface area contributed by atoms with Gasteiger partial charge in [-0.25, -0.2) is 0 Å². The van der Waals surface area contributed by atoms with Crippen LogP contribution in [0.2, 0.25) is 0 Å². The van der Waals surface area contributed by atoms with Gasteiger partial charge in [0, 0.05) is 20.5 Å². The van der Waals surface area contributed by atoms with Crippen LogP contribution in [0.4, 0.5) is 0 Å². The second-order valence-electron chi connectivity index (χ2n) is 2.86. The molecule has 1 aliphatic heterocycles. The number of methoxy groups -OCH3 is 1. The largest absolute Gasteiger partial charge is 0.460 e. The molecule has 70 valence electrons. The highest BCUT2D eigenvalue weighted by molar-refractivity contribution is 5.66. The maximum absolute atomic E-state index is 10.6. The summed E-state index contributed by atoms with van der Waals surface area (Å²) in [5.74, 6) is -0.264. The minimum atomic E-state index is -0.264. The van der Waals surface area contributed by atoms with Gasteiger partial charge in [-0.2, -0.15) is 0 Å². The fourth-order valence-electron chi connectivity index (χ4n) is 1.24. The smallest absolute Gasteiger partial charge is 0.302 e. The lowest BCUT2D eigenvalue weighted by Crippen LogP contribution is -2.36. The first-order chi connectivity index (χ1) is 5.72. The molecule has 1 saturated heterocycles. The van der Waals surface area contributed by atoms with E-state index in [1.807, 2.05) is 0 Å². The van der Waals surface area contributed by atoms with Crippen molar-refractivity contribution in [2.45, 2.75) is 25.6 Å². The topological polar surface area (TPSA) is 44.8 Å². The Labute approximate surface area is 71.8 Å². The van der Waals surface area contributed by atoms with E-state index in [1.165, 1.54) is 6.92 Å². The Kier molecular flexibility index (Phi) is 3.49. The third-order valence-electron chi connectivity index (χ3n) is 1.80. The van der Waals surface area contributed by atoms with Crippen LogP contribution in [0.25, 0.3) is 0 Å². The maximum Gasteiger partial charge on any atom is 0.302 e. The molecule has 1 aliphatic rings. The first-order valence-corrected chi connectivity index (χ1v) is 4.00. The van der Waals surface area contributed by atoms with Crippen molar-refractivity contribution < 1.29 is 19.0 Å². The summed E-state index contributed by atoms with van der Waals surface area (Å²) in [5, 5.41) is 0. The molecule has 0 radical (unpaired) electrons. The van der Waals surface area contributed by atoms with Gasteiger partial charge >= 0.3 is 5.97 Å². The lowest BCUT2D eigenvalue weighted by molar-refractivity contribution is -0.159. The molecule has 1 rings (SSSR count). The van der Waals surface area contributed by atoms with Crippen LogP contribution in [0.3, 0.4) is 0 Å². The van der Waals surface area contributed by atoms with E-state index in [1.54, 1.807) is 7.11 Å². The van der Waals surface area contributed by atoms with Crippen LogP contribution in [-0.2, 0) is 19.0 Å². The Bertz CT molecular complexity index is 157. The van der Waals surface area contributed by atoms with Gasteiger partial charge in [-0.3, -0.25) is 4.79 Å². The SMILES string of the molecule is COC1COCC(OC(C)=O)C1. The van der Waals surface area contributed by atoms with Crippen molar-refractivity contribution in [2.24, 2.45) is 0 Å². The molecule has 4 nitrogen and oxygen atoms in total. The van der Waals surface area contributed by atoms with Crippen molar-refractivity contribution in [3.63, 3.8) is 0 Å². The van der Waals surface area contributed by atoms with Crippen molar-refractivity contribution >= 4 is 5.97 Å². The summed E-state index contributed by atoms with van der Waals surface area (Å²) < 4.78 is 15.3. The Morgan fingerprint density at radius 3 is 2.67 bits per heavy atom. The molecular weight excluding hydrogens is 160 g/mol. The zero-order valence-electron chi connectivity index (χ0n) is 7.41. The highest BCUT2D eigenvalue weighted by atomic mass is 16.6. The molecule has 2 atom stereocenters. The highest BCUT2D eigenvalue weighted by Crippen LogP contribution is 2.12. The minimum Gasteiger partial charge on any atom is -0.460 e. The normalized spacial score (nSPS) is 29.8. The number of carbonyl (C=O) groups excluding carboxylic acids is 1. The number of ether oxygens (including phenoxy) is 3. The fraction of sp³-hybridized carbons (Fsp3) is 0.875. The molecular formula is C8H14O4. The molecule has 0 aromatic heterocycles. The van der Waals surface area contributed by atoms with Crippen LogP contribution >= 0.6 is 0 Å². The van der Waals surface area contributed by atoms with Crippen molar-refractivity contribution in [1.29, 1.82) is 0 Å². The van der Waals surface area contributed by atoms with Gasteiger partial charge in [0.25, 0.3) is 0 Å². The van der Waals surface area contributed by atoms with Crippen molar-refractivity contribution in [3.05, 3.63) is 0 Å². The molecule has 4 heteroatoms. The van der Waals surface area contributed by atoms with Gasteiger partial charge in [0.05, 0.1) is 19.3 Å². The molecule has 12 heavy (non-hydrogen) atoms. The summed E-state index contributed by atoms with van der Waals surface area (Å²) >= 11 is 0. The summed E-state index contributed by atoms with van der Waals surface area (Å²) in [7, 11) is 1.63. The van der Waals surface area contributed by atoms with Crippen LogP contribution in [0.5, 0.6) is 0 Å². The zero-order valence-corrected chi connectivity index (χ0v) is 7.41. The standard InChI is InChI=1S/C8H14O4/c1-6(9)12-8-3-7(10-2)4-11-5-8/h7-8H,3-5H2,1-2H3. The fourth-order valence-corrected chi connectivity index (χ4v) is 1.24. The van der Waals surface area contributed by atoms with E-state index in [2.05, 4.69) is 0 Å². The van der Waals surface area contributed by atoms with Crippen LogP contribution in [0, 0.1) is 0 Å². The van der Waals surface area contributed by atoms with Crippen LogP contribution < -0.4 is 0 Å². The first-order valence-electron chi connectivity index (χ1n) is 4.00. The quantitative estimate of drug-likeness (QED) is 0.567. The Morgan fingerprint density at radius 1 is 1.42 bits per heavy atom. The van der Waals surface area contributed by atoms with Crippen LogP contribution in [0.15, 0.2) is 0 Å². The predicted molar refractivity (Wildman–Crippen MR) is 41.8 cm³/mol. The van der Waals surface area contributed by atoms with E-state index >= 15 is 0 Å². The lowest BCUT2D eigenvalue weighted by atomic mass is 10.1. The Balaban J connectivity index is 2.30. The summed E-state index contributed by atoms with van der Waals surface area (Å²) in [5.41, 5.74) is 0. The van der Waals surface area contributed by atoms with E-state index < -0.39 is 0 Å². The molecule has 0 bridgehead atoms. The summed E-state index contributed by atoms with van der Waals surface area (Å²) in [6.07, 6.45) is 0.653. The Hall–Kier alpha value is -0.610. The first kappa shape index (κ1) is 9.48. The van der Waals surface area contributed by atoms with E-state index in [0.29, 0.717) is 13.2 Å². The second kappa shape index (κ2) is 4.42. The number of carbonyl (C=O) groups is 1. The van der Waals surface area contributed by atoms with Gasteiger partial charge in [-0.15, -0.1) is 0 Å². The summed E-state index contributed by atoms with van der Waals surface area (Å²) in [6.45, 7) is 2.48. The van der Waals surface area contributed by atoms with Gasteiger partial charge in [0.15, 0.2) is 0 Å². The van der Waals surface area contributed by atoms with Crippen molar-refractivity contribution in [3.8, 4) is 0 Å². The number of hydrogen-bond donors (Lipinski definition) is 0. The molecule has 0 spiro atoms. The molecule has 1 heterocycles. The molecule has 0 saturated carbocycles. The van der Waals surface area contributed by atoms with Gasteiger partial charge in [0.2, 0.25) is 0 Å². The van der Waals surface area contributed by atoms with Crippen LogP contribution in [-0.4, -0.2) is 38.5 Å². The number of rotatable bonds is 2. The van der Waals surface area contributed by atoms with Gasteiger partial charge in [-0.1, -0.05) is 0 Å². The molecule has 0 aliphatic carbocycles. The van der Waals surface area contributed by atoms with Crippen molar-refractivity contribution in [1.82, 2.24) is 0 Å². The van der Waals surface area contributed by atoms with E-state index in [9.17, 15) is 4.79 Å². The van der Waals surface area contributed by atoms with E-state index in [-0.39, 0.29) is 18.2 Å². The number of esters is 1. The molecule has 1 fully saturated rings. The lowest BCUT2D eigenvalue weighted by Gasteiger charge is -2.27. The number of hydrogen-bond acceptors (Lipinski definition) is 4. The van der Waals surface area contributed by atoms with E-state index in [4.69, 9.17) is 14.2 Å². The summed E-state index contributed by atoms with van der Waals surface area (Å²) in [6, 6.07) is 0. The second-order valence-corrected chi connectivity index (χ2v) is 2.86. The molecule has 0 aromatic rings. The van der Waals surface area contributed by atoms with Crippen LogP contribution in [0.1, 0.15) is 13.3 Å². The van der Waals surface area contributed by atoms with E-state index in [0.717, 1.165) is 6.42 Å². The maximum atomic E-state index is 10.6. The molecule has 2 unspecified atom stereocenters. The van der Waals surface area contributed by atoms with Gasteiger partial charge in [0.1, 0.15) is 6.10 Å². The minimum absolute atomic E-state index is 0.0584. The average molecular weight is 174 g/mol. The van der Waals surface area contributed by atoms with Crippen molar-refractivity contribution in [2.75, 3.05) is 20.3 Å². The Morgan fingerprint density at radius 2 is 2.08 bits per heavy atom. The molecule has 0 aromatic carbocycles. The summed E-state index contributed by atoms with van der Waals surface area (Å²) in [4.78, 5) is 10.6. The average Bonchev–Trinajstić information content (AvgIpc) is 2.03. The molecule has 0 amide bonds. The monoisotopic (exact) mass is 174 g/mol. The predicted octanol–water partition coefficient (Wildman–Crippen LogP) is 0.353. The molecule has 0 N–H and O–H groups in total. The van der Waals surface area contributed by atoms with Gasteiger partial charge < -0.3 is 14.2 Å². The third kappa shape index (κ3) is 2.79.